The summed E-state index contributed by atoms with van der Waals surface area (Å²) < 4.78 is 2.36. The third-order valence-electron chi connectivity index (χ3n) is 7.19. The topological polar surface area (TPSA) is 40.5 Å². The minimum absolute atomic E-state index is 0.136. The van der Waals surface area contributed by atoms with E-state index >= 15 is 0 Å². The number of likely N-dealkylation sites (N-methyl/N-ethyl adjacent to an activating group) is 1. The number of fused-ring (bicyclic) bond motifs is 1. The quantitative estimate of drug-likeness (QED) is 0.624. The normalized spacial score (nSPS) is 14.9. The highest BCUT2D eigenvalue weighted by Gasteiger charge is 2.23. The molecule has 5 heteroatoms. The van der Waals surface area contributed by atoms with Crippen molar-refractivity contribution in [3.63, 3.8) is 0 Å². The minimum Gasteiger partial charge on any atom is -0.379 e. The van der Waals surface area contributed by atoms with Crippen LogP contribution in [-0.2, 0) is 13.1 Å². The van der Waals surface area contributed by atoms with E-state index in [9.17, 15) is 4.79 Å². The molecule has 2 heterocycles. The molecular weight excluding hydrogens is 396 g/mol. The van der Waals surface area contributed by atoms with Gasteiger partial charge >= 0.3 is 0 Å². The molecule has 0 aliphatic carbocycles. The molecular formula is C27H36N4O. The van der Waals surface area contributed by atoms with Gasteiger partial charge in [0.25, 0.3) is 5.91 Å². The number of rotatable bonds is 5. The van der Waals surface area contributed by atoms with Crippen molar-refractivity contribution < 1.29 is 4.79 Å². The molecule has 1 aromatic heterocycles. The Hall–Kier alpha value is -2.79. The summed E-state index contributed by atoms with van der Waals surface area (Å²) in [5.74, 6) is 0.136. The van der Waals surface area contributed by atoms with Gasteiger partial charge in [0.1, 0.15) is 0 Å². The maximum Gasteiger partial charge on any atom is 0.254 e. The molecule has 0 bridgehead atoms. The first-order valence-electron chi connectivity index (χ1n) is 11.7. The molecule has 0 saturated carbocycles. The van der Waals surface area contributed by atoms with Crippen molar-refractivity contribution in [1.29, 1.82) is 0 Å². The van der Waals surface area contributed by atoms with Crippen LogP contribution in [0.25, 0.3) is 10.9 Å². The summed E-state index contributed by atoms with van der Waals surface area (Å²) in [5, 5.41) is 4.88. The molecule has 3 aromatic rings. The van der Waals surface area contributed by atoms with Crippen molar-refractivity contribution in [2.45, 2.75) is 47.7 Å². The Balaban J connectivity index is 1.77. The molecule has 1 saturated heterocycles. The van der Waals surface area contributed by atoms with Crippen LogP contribution in [0.15, 0.2) is 30.3 Å². The van der Waals surface area contributed by atoms with Crippen LogP contribution in [0, 0.1) is 27.7 Å². The highest BCUT2D eigenvalue weighted by atomic mass is 16.2. The van der Waals surface area contributed by atoms with Gasteiger partial charge in [-0.2, -0.15) is 0 Å². The number of piperazine rings is 1. The fourth-order valence-corrected chi connectivity index (χ4v) is 4.93. The molecule has 1 aliphatic rings. The van der Waals surface area contributed by atoms with Crippen molar-refractivity contribution >= 4 is 22.5 Å². The van der Waals surface area contributed by atoms with Gasteiger partial charge < -0.3 is 19.7 Å². The van der Waals surface area contributed by atoms with Crippen LogP contribution in [-0.4, -0.2) is 53.5 Å². The third kappa shape index (κ3) is 4.02. The molecule has 1 aliphatic heterocycles. The van der Waals surface area contributed by atoms with Crippen LogP contribution in [0.4, 0.5) is 5.69 Å². The van der Waals surface area contributed by atoms with Gasteiger partial charge in [-0.15, -0.1) is 0 Å². The number of anilines is 1. The van der Waals surface area contributed by atoms with Gasteiger partial charge in [-0.05, 0) is 76.1 Å². The molecule has 4 rings (SSSR count). The van der Waals surface area contributed by atoms with Gasteiger partial charge in [0.15, 0.2) is 0 Å². The number of nitrogens with zero attached hydrogens (tertiary/aromatic N) is 3. The van der Waals surface area contributed by atoms with E-state index in [1.54, 1.807) is 0 Å². The number of amides is 1. The zero-order valence-electron chi connectivity index (χ0n) is 20.4. The number of carbonyl (C=O) groups is 1. The Morgan fingerprint density at radius 3 is 2.28 bits per heavy atom. The number of nitrogens with one attached hydrogen (secondary N) is 1. The molecule has 1 N–H and O–H groups in total. The van der Waals surface area contributed by atoms with E-state index in [-0.39, 0.29) is 5.91 Å². The molecule has 2 aromatic carbocycles. The van der Waals surface area contributed by atoms with Crippen LogP contribution >= 0.6 is 0 Å². The highest BCUT2D eigenvalue weighted by molar-refractivity contribution is 6.04. The van der Waals surface area contributed by atoms with Crippen LogP contribution in [0.2, 0.25) is 0 Å². The Kier molecular flexibility index (Phi) is 6.29. The lowest BCUT2D eigenvalue weighted by molar-refractivity contribution is 0.0664. The molecule has 0 radical (unpaired) electrons. The summed E-state index contributed by atoms with van der Waals surface area (Å²) in [6.07, 6.45) is 0. The number of hydrogen-bond acceptors (Lipinski definition) is 3. The molecule has 5 nitrogen and oxygen atoms in total. The number of benzene rings is 2. The number of aryl methyl sites for hydroxylation is 4. The predicted octanol–water partition coefficient (Wildman–Crippen LogP) is 4.89. The lowest BCUT2D eigenvalue weighted by Gasteiger charge is -2.32. The zero-order valence-corrected chi connectivity index (χ0v) is 20.4. The number of carbonyl (C=O) groups excluding carboxylic acids is 1. The second-order valence-electron chi connectivity index (χ2n) is 9.19. The molecule has 1 amide bonds. The minimum atomic E-state index is 0.136. The predicted molar refractivity (Wildman–Crippen MR) is 134 cm³/mol. The lowest BCUT2D eigenvalue weighted by atomic mass is 10.0. The Morgan fingerprint density at radius 1 is 1.00 bits per heavy atom. The molecule has 32 heavy (non-hydrogen) atoms. The van der Waals surface area contributed by atoms with E-state index in [2.05, 4.69) is 86.8 Å². The molecule has 1 fully saturated rings. The van der Waals surface area contributed by atoms with Crippen molar-refractivity contribution in [2.24, 2.45) is 0 Å². The first-order valence-corrected chi connectivity index (χ1v) is 11.7. The third-order valence-corrected chi connectivity index (χ3v) is 7.19. The Morgan fingerprint density at radius 2 is 1.66 bits per heavy atom. The fourth-order valence-electron chi connectivity index (χ4n) is 4.93. The van der Waals surface area contributed by atoms with E-state index in [4.69, 9.17) is 0 Å². The van der Waals surface area contributed by atoms with Crippen molar-refractivity contribution in [3.05, 3.63) is 63.8 Å². The van der Waals surface area contributed by atoms with E-state index in [1.807, 2.05) is 4.90 Å². The lowest BCUT2D eigenvalue weighted by Crippen LogP contribution is -2.47. The Bertz CT molecular complexity index is 1130. The summed E-state index contributed by atoms with van der Waals surface area (Å²) in [6.45, 7) is 15.9. The second kappa shape index (κ2) is 8.99. The summed E-state index contributed by atoms with van der Waals surface area (Å²) in [5.41, 5.74) is 9.44. The SMILES string of the molecule is CCn1c(C)c(C)c2cc(C(=O)N3CCN(C)CC3)cc(NCc3c(C)cccc3C)c21. The maximum atomic E-state index is 13.4. The van der Waals surface area contributed by atoms with E-state index in [1.165, 1.54) is 38.9 Å². The van der Waals surface area contributed by atoms with Crippen molar-refractivity contribution in [1.82, 2.24) is 14.4 Å². The molecule has 0 unspecified atom stereocenters. The smallest absolute Gasteiger partial charge is 0.254 e. The van der Waals surface area contributed by atoms with Crippen molar-refractivity contribution in [3.8, 4) is 0 Å². The van der Waals surface area contributed by atoms with E-state index < -0.39 is 0 Å². The number of hydrogen-bond donors (Lipinski definition) is 1. The maximum absolute atomic E-state index is 13.4. The van der Waals surface area contributed by atoms with Crippen molar-refractivity contribution in [2.75, 3.05) is 38.5 Å². The number of aromatic nitrogens is 1. The summed E-state index contributed by atoms with van der Waals surface area (Å²) >= 11 is 0. The summed E-state index contributed by atoms with van der Waals surface area (Å²) in [4.78, 5) is 17.7. The van der Waals surface area contributed by atoms with Gasteiger partial charge in [-0.3, -0.25) is 4.79 Å². The van der Waals surface area contributed by atoms with E-state index in [0.29, 0.717) is 0 Å². The van der Waals surface area contributed by atoms with Crippen LogP contribution < -0.4 is 5.32 Å². The zero-order chi connectivity index (χ0) is 23.0. The summed E-state index contributed by atoms with van der Waals surface area (Å²) in [7, 11) is 2.11. The molecule has 170 valence electrons. The van der Waals surface area contributed by atoms with Gasteiger partial charge in [0, 0.05) is 55.9 Å². The Labute approximate surface area is 192 Å². The average molecular weight is 433 g/mol. The van der Waals surface area contributed by atoms with Crippen LogP contribution in [0.3, 0.4) is 0 Å². The van der Waals surface area contributed by atoms with Gasteiger partial charge in [-0.1, -0.05) is 18.2 Å². The first-order chi connectivity index (χ1) is 15.3. The second-order valence-corrected chi connectivity index (χ2v) is 9.19. The first kappa shape index (κ1) is 22.4. The van der Waals surface area contributed by atoms with E-state index in [0.717, 1.165) is 50.5 Å². The van der Waals surface area contributed by atoms with Gasteiger partial charge in [-0.25, -0.2) is 0 Å². The fraction of sp³-hybridized carbons (Fsp3) is 0.444. The average Bonchev–Trinajstić information content (AvgIpc) is 3.03. The summed E-state index contributed by atoms with van der Waals surface area (Å²) in [6, 6.07) is 10.6. The van der Waals surface area contributed by atoms with Crippen LogP contribution in [0.5, 0.6) is 0 Å². The largest absolute Gasteiger partial charge is 0.379 e. The van der Waals surface area contributed by atoms with Gasteiger partial charge in [0.2, 0.25) is 0 Å². The monoisotopic (exact) mass is 432 g/mol. The van der Waals surface area contributed by atoms with Gasteiger partial charge in [0.05, 0.1) is 11.2 Å². The highest BCUT2D eigenvalue weighted by Crippen LogP contribution is 2.33. The molecule has 0 spiro atoms. The standard InChI is InChI=1S/C27H36N4O/c1-7-31-21(5)20(4)23-15-22(27(32)30-13-11-29(6)12-14-30)16-25(26(23)31)28-17-24-18(2)9-8-10-19(24)3/h8-10,15-16,28H,7,11-14,17H2,1-6H3. The van der Waals surface area contributed by atoms with Crippen LogP contribution in [0.1, 0.15) is 45.2 Å². The molecule has 0 atom stereocenters.